The average Bonchev–Trinajstić information content (AvgIpc) is 2.69. The third kappa shape index (κ3) is 18.3. The van der Waals surface area contributed by atoms with E-state index in [9.17, 15) is 9.59 Å². The van der Waals surface area contributed by atoms with Gasteiger partial charge in [0.1, 0.15) is 6.04 Å². The average molecular weight is 400 g/mol. The topological polar surface area (TPSA) is 78.6 Å². The lowest BCUT2D eigenvalue weighted by Gasteiger charge is -2.11. The molecule has 1 atom stereocenters. The van der Waals surface area contributed by atoms with Crippen LogP contribution in [0.25, 0.3) is 0 Å². The van der Waals surface area contributed by atoms with Crippen LogP contribution in [0.5, 0.6) is 0 Å². The first kappa shape index (κ1) is 26.9. The van der Waals surface area contributed by atoms with Crippen LogP contribution < -0.4 is 5.73 Å². The first-order chi connectivity index (χ1) is 13.6. The SMILES string of the molecule is CCCCCCCCCOC(=O)CC[C@@H](N)C(=O)OCCCCCCCCC. The van der Waals surface area contributed by atoms with E-state index in [0.717, 1.165) is 25.7 Å². The van der Waals surface area contributed by atoms with Gasteiger partial charge in [-0.05, 0) is 19.3 Å². The highest BCUT2D eigenvalue weighted by molar-refractivity contribution is 5.77. The Balaban J connectivity index is 3.50. The minimum Gasteiger partial charge on any atom is -0.466 e. The van der Waals surface area contributed by atoms with Crippen LogP contribution in [0.1, 0.15) is 117 Å². The van der Waals surface area contributed by atoms with Gasteiger partial charge in [-0.15, -0.1) is 0 Å². The molecule has 0 aromatic rings. The fraction of sp³-hybridized carbons (Fsp3) is 0.913. The molecular formula is C23H45NO4. The fourth-order valence-corrected chi connectivity index (χ4v) is 3.05. The van der Waals surface area contributed by atoms with Crippen molar-refractivity contribution in [3.05, 3.63) is 0 Å². The summed E-state index contributed by atoms with van der Waals surface area (Å²) in [4.78, 5) is 23.6. The number of unbranched alkanes of at least 4 members (excludes halogenated alkanes) is 12. The largest absolute Gasteiger partial charge is 0.466 e. The molecule has 0 radical (unpaired) electrons. The molecule has 28 heavy (non-hydrogen) atoms. The molecule has 166 valence electrons. The van der Waals surface area contributed by atoms with Gasteiger partial charge in [0.2, 0.25) is 0 Å². The second-order valence-electron chi connectivity index (χ2n) is 7.78. The fourth-order valence-electron chi connectivity index (χ4n) is 3.05. The van der Waals surface area contributed by atoms with Crippen LogP contribution in [0.15, 0.2) is 0 Å². The Kier molecular flexibility index (Phi) is 19.8. The van der Waals surface area contributed by atoms with Gasteiger partial charge in [0, 0.05) is 6.42 Å². The van der Waals surface area contributed by atoms with Crippen LogP contribution in [0.3, 0.4) is 0 Å². The summed E-state index contributed by atoms with van der Waals surface area (Å²) in [5.41, 5.74) is 5.81. The van der Waals surface area contributed by atoms with Gasteiger partial charge in [-0.2, -0.15) is 0 Å². The van der Waals surface area contributed by atoms with Crippen molar-refractivity contribution in [2.24, 2.45) is 5.73 Å². The number of carbonyl (C=O) groups is 2. The summed E-state index contributed by atoms with van der Waals surface area (Å²) in [6.07, 6.45) is 17.0. The van der Waals surface area contributed by atoms with Crippen LogP contribution in [0.2, 0.25) is 0 Å². The van der Waals surface area contributed by atoms with E-state index >= 15 is 0 Å². The first-order valence-corrected chi connectivity index (χ1v) is 11.7. The maximum Gasteiger partial charge on any atom is 0.322 e. The molecule has 5 nitrogen and oxygen atoms in total. The second-order valence-corrected chi connectivity index (χ2v) is 7.78. The molecule has 0 aliphatic rings. The van der Waals surface area contributed by atoms with Gasteiger partial charge in [0.15, 0.2) is 0 Å². The molecule has 0 bridgehead atoms. The first-order valence-electron chi connectivity index (χ1n) is 11.7. The minimum absolute atomic E-state index is 0.171. The summed E-state index contributed by atoms with van der Waals surface area (Å²) in [6.45, 7) is 5.30. The molecule has 0 aliphatic heterocycles. The van der Waals surface area contributed by atoms with Gasteiger partial charge in [-0.25, -0.2) is 0 Å². The van der Waals surface area contributed by atoms with Crippen LogP contribution in [-0.4, -0.2) is 31.2 Å². The van der Waals surface area contributed by atoms with Crippen molar-refractivity contribution in [2.75, 3.05) is 13.2 Å². The summed E-state index contributed by atoms with van der Waals surface area (Å²) >= 11 is 0. The minimum atomic E-state index is -0.740. The second kappa shape index (κ2) is 20.6. The van der Waals surface area contributed by atoms with Gasteiger partial charge in [-0.1, -0.05) is 90.9 Å². The molecule has 0 unspecified atom stereocenters. The number of carbonyl (C=O) groups excluding carboxylic acids is 2. The number of ether oxygens (including phenoxy) is 2. The van der Waals surface area contributed by atoms with Crippen molar-refractivity contribution in [3.8, 4) is 0 Å². The van der Waals surface area contributed by atoms with E-state index in [0.29, 0.717) is 13.2 Å². The molecule has 0 rings (SSSR count). The van der Waals surface area contributed by atoms with Gasteiger partial charge in [0.25, 0.3) is 0 Å². The normalized spacial score (nSPS) is 12.0. The lowest BCUT2D eigenvalue weighted by Crippen LogP contribution is -2.33. The van der Waals surface area contributed by atoms with E-state index in [1.165, 1.54) is 64.2 Å². The Hall–Kier alpha value is -1.10. The van der Waals surface area contributed by atoms with Crippen molar-refractivity contribution >= 4 is 11.9 Å². The number of hydrogen-bond acceptors (Lipinski definition) is 5. The molecule has 0 saturated carbocycles. The highest BCUT2D eigenvalue weighted by Crippen LogP contribution is 2.09. The van der Waals surface area contributed by atoms with Crippen LogP contribution >= 0.6 is 0 Å². The molecule has 0 amide bonds. The lowest BCUT2D eigenvalue weighted by molar-refractivity contribution is -0.146. The van der Waals surface area contributed by atoms with Crippen LogP contribution in [0.4, 0.5) is 0 Å². The maximum atomic E-state index is 11.8. The van der Waals surface area contributed by atoms with E-state index < -0.39 is 12.0 Å². The molecular weight excluding hydrogens is 354 g/mol. The third-order valence-corrected chi connectivity index (χ3v) is 4.97. The summed E-state index contributed by atoms with van der Waals surface area (Å²) in [6, 6.07) is -0.740. The van der Waals surface area contributed by atoms with Gasteiger partial charge >= 0.3 is 11.9 Å². The zero-order valence-electron chi connectivity index (χ0n) is 18.5. The molecule has 2 N–H and O–H groups in total. The monoisotopic (exact) mass is 399 g/mol. The van der Waals surface area contributed by atoms with Gasteiger partial charge in [0.05, 0.1) is 13.2 Å². The molecule has 0 aromatic heterocycles. The Morgan fingerprint density at radius 3 is 1.61 bits per heavy atom. The number of esters is 2. The van der Waals surface area contributed by atoms with E-state index in [4.69, 9.17) is 15.2 Å². The van der Waals surface area contributed by atoms with Crippen molar-refractivity contribution in [3.63, 3.8) is 0 Å². The maximum absolute atomic E-state index is 11.8. The van der Waals surface area contributed by atoms with Crippen LogP contribution in [0, 0.1) is 0 Å². The molecule has 0 spiro atoms. The molecule has 0 fully saturated rings. The van der Waals surface area contributed by atoms with Crippen molar-refractivity contribution in [2.45, 2.75) is 123 Å². The summed E-state index contributed by atoms with van der Waals surface area (Å²) in [5, 5.41) is 0. The number of hydrogen-bond donors (Lipinski definition) is 1. The van der Waals surface area contributed by atoms with Gasteiger partial charge < -0.3 is 15.2 Å². The van der Waals surface area contributed by atoms with Crippen molar-refractivity contribution < 1.29 is 19.1 Å². The standard InChI is InChI=1S/C23H45NO4/c1-3-5-7-9-11-13-15-19-27-22(25)18-17-21(24)23(26)28-20-16-14-12-10-8-6-4-2/h21H,3-20,24H2,1-2H3/t21-/m1/s1. The zero-order valence-corrected chi connectivity index (χ0v) is 18.5. The molecule has 5 heteroatoms. The third-order valence-electron chi connectivity index (χ3n) is 4.97. The van der Waals surface area contributed by atoms with Crippen molar-refractivity contribution in [1.29, 1.82) is 0 Å². The van der Waals surface area contributed by atoms with Gasteiger partial charge in [-0.3, -0.25) is 9.59 Å². The van der Waals surface area contributed by atoms with E-state index in [-0.39, 0.29) is 18.8 Å². The van der Waals surface area contributed by atoms with Crippen LogP contribution in [-0.2, 0) is 19.1 Å². The molecule has 0 aromatic carbocycles. The smallest absolute Gasteiger partial charge is 0.322 e. The molecule has 0 aliphatic carbocycles. The predicted molar refractivity (Wildman–Crippen MR) is 115 cm³/mol. The highest BCUT2D eigenvalue weighted by atomic mass is 16.5. The van der Waals surface area contributed by atoms with E-state index in [1.807, 2.05) is 0 Å². The predicted octanol–water partition coefficient (Wildman–Crippen LogP) is 5.68. The Bertz CT molecular complexity index is 374. The summed E-state index contributed by atoms with van der Waals surface area (Å²) < 4.78 is 10.4. The summed E-state index contributed by atoms with van der Waals surface area (Å²) in [7, 11) is 0. The van der Waals surface area contributed by atoms with Crippen molar-refractivity contribution in [1.82, 2.24) is 0 Å². The number of rotatable bonds is 20. The Morgan fingerprint density at radius 2 is 1.11 bits per heavy atom. The highest BCUT2D eigenvalue weighted by Gasteiger charge is 2.17. The van der Waals surface area contributed by atoms with E-state index in [1.54, 1.807) is 0 Å². The summed E-state index contributed by atoms with van der Waals surface area (Å²) in [5.74, 6) is -0.688. The number of nitrogens with two attached hydrogens (primary N) is 1. The Morgan fingerprint density at radius 1 is 0.679 bits per heavy atom. The zero-order chi connectivity index (χ0) is 20.9. The molecule has 0 heterocycles. The Labute approximate surface area is 173 Å². The quantitative estimate of drug-likeness (QED) is 0.210. The lowest BCUT2D eigenvalue weighted by atomic mass is 10.1. The molecule has 0 saturated heterocycles. The van der Waals surface area contributed by atoms with E-state index in [2.05, 4.69) is 13.8 Å².